The smallest absolute Gasteiger partial charge is 0.0725 e. The molecule has 2 unspecified atom stereocenters. The number of nitrogens with two attached hydrogens (primary N) is 1. The molecule has 12 rings (SSSR count). The first-order valence-electron chi connectivity index (χ1n) is 20.8. The van der Waals surface area contributed by atoms with E-state index in [9.17, 15) is 0 Å². The maximum atomic E-state index is 6.82. The molecule has 0 radical (unpaired) electrons. The number of para-hydroxylation sites is 1. The minimum Gasteiger partial charge on any atom is -0.381 e. The number of benzene rings is 8. The first-order valence-corrected chi connectivity index (χ1v) is 20.8. The Morgan fingerprint density at radius 2 is 1.23 bits per heavy atom. The molecule has 0 saturated carbocycles. The number of rotatable bonds is 6. The third-order valence-electron chi connectivity index (χ3n) is 13.2. The minimum absolute atomic E-state index is 0.0327. The van der Waals surface area contributed by atoms with Crippen LogP contribution in [0.25, 0.3) is 71.6 Å². The molecule has 3 nitrogen and oxygen atoms in total. The fraction of sp³-hybridized carbons (Fsp3) is 0.0526. The van der Waals surface area contributed by atoms with E-state index < -0.39 is 5.41 Å². The number of nitrogens with one attached hydrogen (secondary N) is 1. The SMILES string of the molecule is C=C/C=C\C(N)c1cc(C2C=CC=CN2)cc(-n2c3ccccc3c3cc(-c4cc5c(c6ccccc46)-c4ccccc4C54c5ccccc5-c5ccccc54)ccc32)c1. The third kappa shape index (κ3) is 4.81. The molecule has 8 aromatic carbocycles. The summed E-state index contributed by atoms with van der Waals surface area (Å²) >= 11 is 0. The van der Waals surface area contributed by atoms with Crippen LogP contribution >= 0.6 is 0 Å². The Balaban J connectivity index is 1.11. The van der Waals surface area contributed by atoms with Crippen molar-refractivity contribution in [2.75, 3.05) is 0 Å². The van der Waals surface area contributed by atoms with Crippen molar-refractivity contribution in [2.45, 2.75) is 17.5 Å². The quantitative estimate of drug-likeness (QED) is 0.166. The van der Waals surface area contributed by atoms with Crippen molar-refractivity contribution in [3.8, 4) is 39.1 Å². The van der Waals surface area contributed by atoms with E-state index in [1.807, 2.05) is 24.4 Å². The van der Waals surface area contributed by atoms with Gasteiger partial charge in [-0.15, -0.1) is 0 Å². The Labute approximate surface area is 349 Å². The predicted molar refractivity (Wildman–Crippen MR) is 250 cm³/mol. The monoisotopic (exact) mass is 767 g/mol. The van der Waals surface area contributed by atoms with Crippen molar-refractivity contribution in [3.63, 3.8) is 0 Å². The van der Waals surface area contributed by atoms with Gasteiger partial charge in [0.05, 0.1) is 22.5 Å². The zero-order valence-electron chi connectivity index (χ0n) is 33.0. The lowest BCUT2D eigenvalue weighted by atomic mass is 9.70. The van der Waals surface area contributed by atoms with Crippen LogP contribution in [0.4, 0.5) is 0 Å². The second kappa shape index (κ2) is 13.3. The van der Waals surface area contributed by atoms with Gasteiger partial charge < -0.3 is 15.6 Å². The fourth-order valence-corrected chi connectivity index (χ4v) is 10.7. The Morgan fingerprint density at radius 1 is 0.583 bits per heavy atom. The van der Waals surface area contributed by atoms with Crippen LogP contribution in [0.1, 0.15) is 45.5 Å². The molecule has 9 aromatic rings. The van der Waals surface area contributed by atoms with E-state index >= 15 is 0 Å². The highest BCUT2D eigenvalue weighted by molar-refractivity contribution is 6.14. The summed E-state index contributed by atoms with van der Waals surface area (Å²) < 4.78 is 2.41. The van der Waals surface area contributed by atoms with E-state index in [0.717, 1.165) is 27.8 Å². The molecule has 0 bridgehead atoms. The summed E-state index contributed by atoms with van der Waals surface area (Å²) in [5.74, 6) is 0. The summed E-state index contributed by atoms with van der Waals surface area (Å²) in [6.07, 6.45) is 14.0. The van der Waals surface area contributed by atoms with Gasteiger partial charge in [0.1, 0.15) is 0 Å². The summed E-state index contributed by atoms with van der Waals surface area (Å²) in [5.41, 5.74) is 25.1. The molecular weight excluding hydrogens is 727 g/mol. The highest BCUT2D eigenvalue weighted by atomic mass is 15.0. The lowest BCUT2D eigenvalue weighted by Gasteiger charge is -2.31. The molecule has 60 heavy (non-hydrogen) atoms. The molecule has 0 saturated heterocycles. The van der Waals surface area contributed by atoms with Gasteiger partial charge in [0.25, 0.3) is 0 Å². The molecule has 3 heteroatoms. The van der Waals surface area contributed by atoms with E-state index in [4.69, 9.17) is 5.73 Å². The van der Waals surface area contributed by atoms with Gasteiger partial charge in [-0.25, -0.2) is 0 Å². The second-order valence-electron chi connectivity index (χ2n) is 16.3. The van der Waals surface area contributed by atoms with Gasteiger partial charge in [-0.2, -0.15) is 0 Å². The highest BCUT2D eigenvalue weighted by Crippen LogP contribution is 2.64. The molecule has 1 aromatic heterocycles. The molecule has 2 heterocycles. The molecule has 2 atom stereocenters. The van der Waals surface area contributed by atoms with Gasteiger partial charge in [0, 0.05) is 22.5 Å². The number of nitrogens with zero attached hydrogens (tertiary/aromatic N) is 1. The molecule has 2 aliphatic carbocycles. The summed E-state index contributed by atoms with van der Waals surface area (Å²) in [7, 11) is 0. The second-order valence-corrected chi connectivity index (χ2v) is 16.3. The fourth-order valence-electron chi connectivity index (χ4n) is 10.7. The van der Waals surface area contributed by atoms with Gasteiger partial charge in [-0.1, -0.05) is 164 Å². The predicted octanol–water partition coefficient (Wildman–Crippen LogP) is 13.4. The molecule has 284 valence electrons. The van der Waals surface area contributed by atoms with Gasteiger partial charge in [-0.3, -0.25) is 0 Å². The first-order chi connectivity index (χ1) is 29.6. The largest absolute Gasteiger partial charge is 0.381 e. The molecular formula is C57H41N3. The lowest BCUT2D eigenvalue weighted by molar-refractivity contribution is 0.742. The van der Waals surface area contributed by atoms with Gasteiger partial charge >= 0.3 is 0 Å². The highest BCUT2D eigenvalue weighted by Gasteiger charge is 2.52. The normalized spacial score (nSPS) is 16.0. The first kappa shape index (κ1) is 34.6. The zero-order chi connectivity index (χ0) is 40.0. The average Bonchev–Trinajstić information content (AvgIpc) is 3.92. The van der Waals surface area contributed by atoms with Crippen LogP contribution in [-0.2, 0) is 5.41 Å². The van der Waals surface area contributed by atoms with Crippen molar-refractivity contribution in [2.24, 2.45) is 5.73 Å². The van der Waals surface area contributed by atoms with Crippen LogP contribution in [0.5, 0.6) is 0 Å². The minimum atomic E-state index is -0.430. The van der Waals surface area contributed by atoms with E-state index in [0.29, 0.717) is 0 Å². The number of aromatic nitrogens is 1. The van der Waals surface area contributed by atoms with Crippen molar-refractivity contribution in [1.82, 2.24) is 9.88 Å². The molecule has 0 amide bonds. The van der Waals surface area contributed by atoms with Crippen LogP contribution in [0.3, 0.4) is 0 Å². The standard InChI is InChI=1S/C57H41N3/c1-2-3-25-52(58)37-31-38(53-26-14-15-30-59-53)33-39(32-37)60-54-27-13-9-19-43(54)47-34-36(28-29-55(47)60)46-35-51-56(44-20-5-4-16-40(44)46)45-21-8-12-24-50(45)57(51)48-22-10-6-17-41(48)42-18-7-11-23-49(42)57/h2-35,52-53,59H,1,58H2/b25-3-. The zero-order valence-corrected chi connectivity index (χ0v) is 33.0. The molecule has 1 spiro atoms. The maximum absolute atomic E-state index is 6.82. The number of dihydropyridines is 1. The summed E-state index contributed by atoms with van der Waals surface area (Å²) in [5, 5.41) is 8.50. The summed E-state index contributed by atoms with van der Waals surface area (Å²) in [6.45, 7) is 3.88. The van der Waals surface area contributed by atoms with E-state index in [1.165, 1.54) is 77.2 Å². The Kier molecular flexibility index (Phi) is 7.66. The summed E-state index contributed by atoms with van der Waals surface area (Å²) in [6, 6.07) is 61.2. The Morgan fingerprint density at radius 3 is 1.97 bits per heavy atom. The van der Waals surface area contributed by atoms with Crippen molar-refractivity contribution >= 4 is 32.6 Å². The lowest BCUT2D eigenvalue weighted by Crippen LogP contribution is -2.25. The van der Waals surface area contributed by atoms with Crippen molar-refractivity contribution < 1.29 is 0 Å². The van der Waals surface area contributed by atoms with E-state index in [2.05, 4.69) is 192 Å². The van der Waals surface area contributed by atoms with Crippen LogP contribution in [-0.4, -0.2) is 4.57 Å². The Hall–Kier alpha value is -7.46. The molecule has 3 N–H and O–H groups in total. The van der Waals surface area contributed by atoms with E-state index in [-0.39, 0.29) is 12.1 Å². The third-order valence-corrected chi connectivity index (χ3v) is 13.2. The van der Waals surface area contributed by atoms with Crippen molar-refractivity contribution in [1.29, 1.82) is 0 Å². The molecule has 1 aliphatic heterocycles. The van der Waals surface area contributed by atoms with Crippen LogP contribution < -0.4 is 11.1 Å². The summed E-state index contributed by atoms with van der Waals surface area (Å²) in [4.78, 5) is 0. The number of fused-ring (bicyclic) bond motifs is 15. The Bertz CT molecular complexity index is 3310. The topological polar surface area (TPSA) is 43.0 Å². The van der Waals surface area contributed by atoms with Crippen LogP contribution in [0.2, 0.25) is 0 Å². The van der Waals surface area contributed by atoms with Crippen LogP contribution in [0.15, 0.2) is 213 Å². The van der Waals surface area contributed by atoms with Gasteiger partial charge in [-0.05, 0) is 126 Å². The number of hydrogen-bond donors (Lipinski definition) is 2. The van der Waals surface area contributed by atoms with E-state index in [1.54, 1.807) is 6.08 Å². The molecule has 3 aliphatic rings. The van der Waals surface area contributed by atoms with Crippen LogP contribution in [0, 0.1) is 0 Å². The van der Waals surface area contributed by atoms with Gasteiger partial charge in [0.2, 0.25) is 0 Å². The maximum Gasteiger partial charge on any atom is 0.0725 e. The average molecular weight is 768 g/mol. The van der Waals surface area contributed by atoms with Gasteiger partial charge in [0.15, 0.2) is 0 Å². The molecule has 0 fully saturated rings. The number of hydrogen-bond acceptors (Lipinski definition) is 2. The number of allylic oxidation sites excluding steroid dienone is 4. The van der Waals surface area contributed by atoms with Crippen molar-refractivity contribution in [3.05, 3.63) is 246 Å².